The average molecular weight is 331 g/mol. The SMILES string of the molecule is O=C(OC[C@H]1CC(=O)N(c2ccccc2)C1)c1c(F)cccc1F. The lowest BCUT2D eigenvalue weighted by Gasteiger charge is -2.16. The fourth-order valence-electron chi connectivity index (χ4n) is 2.71. The summed E-state index contributed by atoms with van der Waals surface area (Å²) in [7, 11) is 0. The molecule has 1 heterocycles. The van der Waals surface area contributed by atoms with Crippen LogP contribution in [0, 0.1) is 17.6 Å². The van der Waals surface area contributed by atoms with Crippen LogP contribution in [0.15, 0.2) is 48.5 Å². The third-order valence-corrected chi connectivity index (χ3v) is 3.89. The Morgan fingerprint density at radius 2 is 1.75 bits per heavy atom. The summed E-state index contributed by atoms with van der Waals surface area (Å²) in [6.07, 6.45) is 0.224. The number of halogens is 2. The van der Waals surface area contributed by atoms with E-state index < -0.39 is 23.2 Å². The van der Waals surface area contributed by atoms with Crippen molar-refractivity contribution < 1.29 is 23.1 Å². The molecular weight excluding hydrogens is 316 g/mol. The molecule has 0 spiro atoms. The predicted octanol–water partition coefficient (Wildman–Crippen LogP) is 3.17. The number of hydrogen-bond acceptors (Lipinski definition) is 3. The minimum Gasteiger partial charge on any atom is -0.462 e. The summed E-state index contributed by atoms with van der Waals surface area (Å²) in [5, 5.41) is 0. The van der Waals surface area contributed by atoms with Crippen LogP contribution < -0.4 is 4.90 Å². The molecule has 1 saturated heterocycles. The molecule has 2 aromatic rings. The first-order chi connectivity index (χ1) is 11.6. The molecular formula is C18H15F2NO3. The molecule has 124 valence electrons. The highest BCUT2D eigenvalue weighted by Gasteiger charge is 2.32. The number of ether oxygens (including phenoxy) is 1. The van der Waals surface area contributed by atoms with Gasteiger partial charge in [0.25, 0.3) is 0 Å². The van der Waals surface area contributed by atoms with Crippen molar-refractivity contribution in [1.29, 1.82) is 0 Å². The van der Waals surface area contributed by atoms with E-state index in [9.17, 15) is 18.4 Å². The number of carbonyl (C=O) groups excluding carboxylic acids is 2. The first kappa shape index (κ1) is 16.1. The summed E-state index contributed by atoms with van der Waals surface area (Å²) >= 11 is 0. The minimum absolute atomic E-state index is 0.0678. The highest BCUT2D eigenvalue weighted by molar-refractivity contribution is 5.95. The van der Waals surface area contributed by atoms with E-state index in [1.54, 1.807) is 4.90 Å². The van der Waals surface area contributed by atoms with Crippen LogP contribution in [0.3, 0.4) is 0 Å². The van der Waals surface area contributed by atoms with Gasteiger partial charge in [0.15, 0.2) is 0 Å². The van der Waals surface area contributed by atoms with Gasteiger partial charge in [-0.2, -0.15) is 0 Å². The molecule has 0 radical (unpaired) electrons. The van der Waals surface area contributed by atoms with Crippen molar-refractivity contribution in [3.8, 4) is 0 Å². The number of amides is 1. The van der Waals surface area contributed by atoms with E-state index in [1.165, 1.54) is 6.07 Å². The highest BCUT2D eigenvalue weighted by Crippen LogP contribution is 2.25. The number of rotatable bonds is 4. The van der Waals surface area contributed by atoms with Crippen LogP contribution in [0.1, 0.15) is 16.8 Å². The fraction of sp³-hybridized carbons (Fsp3) is 0.222. The molecule has 0 aliphatic carbocycles. The second-order valence-corrected chi connectivity index (χ2v) is 5.61. The van der Waals surface area contributed by atoms with Crippen LogP contribution in [0.2, 0.25) is 0 Å². The van der Waals surface area contributed by atoms with Gasteiger partial charge >= 0.3 is 5.97 Å². The van der Waals surface area contributed by atoms with Gasteiger partial charge in [0.1, 0.15) is 17.2 Å². The van der Waals surface area contributed by atoms with Gasteiger partial charge in [-0.05, 0) is 24.3 Å². The molecule has 4 nitrogen and oxygen atoms in total. The van der Waals surface area contributed by atoms with Crippen molar-refractivity contribution in [2.24, 2.45) is 5.92 Å². The van der Waals surface area contributed by atoms with E-state index in [-0.39, 0.29) is 24.9 Å². The van der Waals surface area contributed by atoms with Gasteiger partial charge in [0.2, 0.25) is 5.91 Å². The lowest BCUT2D eigenvalue weighted by Crippen LogP contribution is -2.25. The van der Waals surface area contributed by atoms with Crippen molar-refractivity contribution in [2.45, 2.75) is 6.42 Å². The van der Waals surface area contributed by atoms with E-state index in [4.69, 9.17) is 4.74 Å². The van der Waals surface area contributed by atoms with Gasteiger partial charge in [-0.25, -0.2) is 13.6 Å². The molecule has 0 unspecified atom stereocenters. The second-order valence-electron chi connectivity index (χ2n) is 5.61. The Bertz CT molecular complexity index is 744. The summed E-state index contributed by atoms with van der Waals surface area (Å²) in [6.45, 7) is 0.331. The van der Waals surface area contributed by atoms with Gasteiger partial charge in [-0.15, -0.1) is 0 Å². The second kappa shape index (κ2) is 6.78. The number of benzene rings is 2. The molecule has 1 aliphatic heterocycles. The smallest absolute Gasteiger partial charge is 0.344 e. The molecule has 1 amide bonds. The van der Waals surface area contributed by atoms with Gasteiger partial charge in [-0.1, -0.05) is 24.3 Å². The normalized spacial score (nSPS) is 17.2. The third kappa shape index (κ3) is 3.27. The first-order valence-corrected chi connectivity index (χ1v) is 7.53. The van der Waals surface area contributed by atoms with Crippen LogP contribution in [0.4, 0.5) is 14.5 Å². The number of hydrogen-bond donors (Lipinski definition) is 0. The molecule has 2 aromatic carbocycles. The summed E-state index contributed by atoms with van der Waals surface area (Å²) in [5.74, 6) is -3.27. The summed E-state index contributed by atoms with van der Waals surface area (Å²) < 4.78 is 32.1. The van der Waals surface area contributed by atoms with Crippen molar-refractivity contribution in [3.05, 3.63) is 65.7 Å². The summed E-state index contributed by atoms with van der Waals surface area (Å²) in [5.41, 5.74) is 0.0678. The largest absolute Gasteiger partial charge is 0.462 e. The van der Waals surface area contributed by atoms with Crippen LogP contribution in [0.25, 0.3) is 0 Å². The number of esters is 1. The quantitative estimate of drug-likeness (QED) is 0.809. The molecule has 1 atom stereocenters. The molecule has 24 heavy (non-hydrogen) atoms. The monoisotopic (exact) mass is 331 g/mol. The van der Waals surface area contributed by atoms with Gasteiger partial charge in [-0.3, -0.25) is 4.79 Å². The Labute approximate surface area is 137 Å². The number of nitrogens with zero attached hydrogens (tertiary/aromatic N) is 1. The highest BCUT2D eigenvalue weighted by atomic mass is 19.1. The third-order valence-electron chi connectivity index (χ3n) is 3.89. The molecule has 0 saturated carbocycles. The zero-order chi connectivity index (χ0) is 17.1. The Balaban J connectivity index is 1.62. The van der Waals surface area contributed by atoms with Gasteiger partial charge < -0.3 is 9.64 Å². The van der Waals surface area contributed by atoms with E-state index in [0.717, 1.165) is 17.8 Å². The topological polar surface area (TPSA) is 46.6 Å². The van der Waals surface area contributed by atoms with Crippen LogP contribution in [-0.2, 0) is 9.53 Å². The van der Waals surface area contributed by atoms with Crippen molar-refractivity contribution in [1.82, 2.24) is 0 Å². The predicted molar refractivity (Wildman–Crippen MR) is 83.5 cm³/mol. The maximum Gasteiger partial charge on any atom is 0.344 e. The van der Waals surface area contributed by atoms with Gasteiger partial charge in [0, 0.05) is 24.6 Å². The summed E-state index contributed by atoms with van der Waals surface area (Å²) in [6, 6.07) is 12.3. The van der Waals surface area contributed by atoms with E-state index in [0.29, 0.717) is 6.54 Å². The maximum atomic E-state index is 13.5. The van der Waals surface area contributed by atoms with Crippen molar-refractivity contribution >= 4 is 17.6 Å². The number of para-hydroxylation sites is 1. The Hall–Kier alpha value is -2.76. The Morgan fingerprint density at radius 1 is 1.08 bits per heavy atom. The van der Waals surface area contributed by atoms with Crippen LogP contribution in [0.5, 0.6) is 0 Å². The molecule has 0 N–H and O–H groups in total. The first-order valence-electron chi connectivity index (χ1n) is 7.53. The zero-order valence-corrected chi connectivity index (χ0v) is 12.7. The average Bonchev–Trinajstić information content (AvgIpc) is 2.94. The van der Waals surface area contributed by atoms with Crippen LogP contribution in [-0.4, -0.2) is 25.0 Å². The van der Waals surface area contributed by atoms with Gasteiger partial charge in [0.05, 0.1) is 6.61 Å². The molecule has 0 bridgehead atoms. The van der Waals surface area contributed by atoms with Crippen LogP contribution >= 0.6 is 0 Å². The fourth-order valence-corrected chi connectivity index (χ4v) is 2.71. The minimum atomic E-state index is -1.06. The summed E-state index contributed by atoms with van der Waals surface area (Å²) in [4.78, 5) is 25.6. The number of carbonyl (C=O) groups is 2. The molecule has 0 aromatic heterocycles. The van der Waals surface area contributed by atoms with Crippen molar-refractivity contribution in [2.75, 3.05) is 18.1 Å². The van der Waals surface area contributed by atoms with E-state index in [2.05, 4.69) is 0 Å². The zero-order valence-electron chi connectivity index (χ0n) is 12.7. The van der Waals surface area contributed by atoms with E-state index >= 15 is 0 Å². The molecule has 3 rings (SSSR count). The van der Waals surface area contributed by atoms with Crippen molar-refractivity contribution in [3.63, 3.8) is 0 Å². The lowest BCUT2D eigenvalue weighted by atomic mass is 10.1. The molecule has 1 fully saturated rings. The standard InChI is InChI=1S/C18H15F2NO3/c19-14-7-4-8-15(20)17(14)18(23)24-11-12-9-16(22)21(10-12)13-5-2-1-3-6-13/h1-8,12H,9-11H2/t12-/m0/s1. The Morgan fingerprint density at radius 3 is 2.42 bits per heavy atom. The molecule has 1 aliphatic rings. The maximum absolute atomic E-state index is 13.5. The Kier molecular flexibility index (Phi) is 4.55. The van der Waals surface area contributed by atoms with E-state index in [1.807, 2.05) is 30.3 Å². The number of anilines is 1. The molecule has 6 heteroatoms. The lowest BCUT2D eigenvalue weighted by molar-refractivity contribution is -0.117.